The van der Waals surface area contributed by atoms with Crippen molar-refractivity contribution >= 4 is 23.3 Å². The van der Waals surface area contributed by atoms with Crippen LogP contribution in [0.3, 0.4) is 0 Å². The molecular weight excluding hydrogens is 290 g/mol. The van der Waals surface area contributed by atoms with Crippen LogP contribution in [0.25, 0.3) is 0 Å². The number of thiophene rings is 1. The maximum absolute atomic E-state index is 12.4. The van der Waals surface area contributed by atoms with Gasteiger partial charge in [0.15, 0.2) is 0 Å². The van der Waals surface area contributed by atoms with Gasteiger partial charge in [0.1, 0.15) is 6.04 Å². The lowest BCUT2D eigenvalue weighted by atomic mass is 10.1. The summed E-state index contributed by atoms with van der Waals surface area (Å²) >= 11 is 1.49. The number of nitrogens with zero attached hydrogens (tertiary/aromatic N) is 1. The minimum atomic E-state index is -0.525. The Morgan fingerprint density at radius 3 is 3.19 bits per heavy atom. The van der Waals surface area contributed by atoms with E-state index in [0.29, 0.717) is 19.6 Å². The molecule has 6 nitrogen and oxygen atoms in total. The highest BCUT2D eigenvalue weighted by atomic mass is 32.1. The van der Waals surface area contributed by atoms with E-state index in [1.54, 1.807) is 4.90 Å². The van der Waals surface area contributed by atoms with E-state index < -0.39 is 6.04 Å². The van der Waals surface area contributed by atoms with Crippen molar-refractivity contribution in [3.8, 4) is 0 Å². The first kappa shape index (κ1) is 14.3. The molecule has 3 rings (SSSR count). The summed E-state index contributed by atoms with van der Waals surface area (Å²) in [6.45, 7) is 2.29. The van der Waals surface area contributed by atoms with Crippen LogP contribution in [-0.2, 0) is 9.53 Å². The van der Waals surface area contributed by atoms with E-state index >= 15 is 0 Å². The second-order valence-electron chi connectivity index (χ2n) is 5.22. The molecule has 2 fully saturated rings. The van der Waals surface area contributed by atoms with Gasteiger partial charge < -0.3 is 20.3 Å². The molecule has 0 radical (unpaired) electrons. The molecule has 0 aliphatic carbocycles. The number of hydrogen-bond donors (Lipinski definition) is 2. The number of urea groups is 1. The molecule has 1 aromatic heterocycles. The highest BCUT2D eigenvalue weighted by Gasteiger charge is 2.35. The Kier molecular flexibility index (Phi) is 4.40. The predicted octanol–water partition coefficient (Wildman–Crippen LogP) is 1.11. The van der Waals surface area contributed by atoms with Crippen molar-refractivity contribution in [2.45, 2.75) is 25.0 Å². The molecule has 0 spiro atoms. The molecule has 2 atom stereocenters. The zero-order valence-electron chi connectivity index (χ0n) is 11.7. The molecule has 0 bridgehead atoms. The van der Waals surface area contributed by atoms with Gasteiger partial charge in [-0.1, -0.05) is 6.07 Å². The molecule has 21 heavy (non-hydrogen) atoms. The van der Waals surface area contributed by atoms with Crippen molar-refractivity contribution < 1.29 is 14.3 Å². The second kappa shape index (κ2) is 6.44. The maximum Gasteiger partial charge on any atom is 0.318 e. The van der Waals surface area contributed by atoms with E-state index in [-0.39, 0.29) is 18.0 Å². The third kappa shape index (κ3) is 3.19. The van der Waals surface area contributed by atoms with Gasteiger partial charge in [0.25, 0.3) is 0 Å². The molecule has 0 aromatic carbocycles. The van der Waals surface area contributed by atoms with Gasteiger partial charge in [0, 0.05) is 31.1 Å². The fourth-order valence-corrected chi connectivity index (χ4v) is 3.56. The maximum atomic E-state index is 12.4. The number of carbonyl (C=O) groups is 2. The SMILES string of the molecule is O=C1NCCN(C(=O)NCC2CCCO2)C1c1cccs1. The van der Waals surface area contributed by atoms with E-state index in [9.17, 15) is 9.59 Å². The van der Waals surface area contributed by atoms with Crippen molar-refractivity contribution in [2.24, 2.45) is 0 Å². The van der Waals surface area contributed by atoms with Gasteiger partial charge in [-0.3, -0.25) is 4.79 Å². The van der Waals surface area contributed by atoms with Crippen LogP contribution < -0.4 is 10.6 Å². The van der Waals surface area contributed by atoms with E-state index in [1.165, 1.54) is 11.3 Å². The van der Waals surface area contributed by atoms with Gasteiger partial charge in [0.05, 0.1) is 6.10 Å². The van der Waals surface area contributed by atoms with Gasteiger partial charge in [-0.15, -0.1) is 11.3 Å². The predicted molar refractivity (Wildman–Crippen MR) is 79.1 cm³/mol. The lowest BCUT2D eigenvalue weighted by Gasteiger charge is -2.34. The van der Waals surface area contributed by atoms with Crippen LogP contribution in [-0.4, -0.2) is 49.2 Å². The topological polar surface area (TPSA) is 70.7 Å². The summed E-state index contributed by atoms with van der Waals surface area (Å²) in [6, 6.07) is 3.06. The first-order chi connectivity index (χ1) is 10.3. The van der Waals surface area contributed by atoms with Crippen LogP contribution >= 0.6 is 11.3 Å². The largest absolute Gasteiger partial charge is 0.376 e. The Morgan fingerprint density at radius 1 is 1.57 bits per heavy atom. The standard InChI is InChI=1S/C14H19N3O3S/c18-13-12(11-4-2-8-21-11)17(6-5-15-13)14(19)16-9-10-3-1-7-20-10/h2,4,8,10,12H,1,3,5-7,9H2,(H,15,18)(H,16,19). The molecular formula is C14H19N3O3S. The molecule has 114 valence electrons. The third-order valence-corrected chi connectivity index (χ3v) is 4.72. The van der Waals surface area contributed by atoms with E-state index in [1.807, 2.05) is 17.5 Å². The number of rotatable bonds is 3. The van der Waals surface area contributed by atoms with Gasteiger partial charge in [0.2, 0.25) is 5.91 Å². The van der Waals surface area contributed by atoms with Crippen LogP contribution in [0.15, 0.2) is 17.5 Å². The monoisotopic (exact) mass is 309 g/mol. The van der Waals surface area contributed by atoms with Crippen molar-refractivity contribution in [1.82, 2.24) is 15.5 Å². The third-order valence-electron chi connectivity index (χ3n) is 3.79. The van der Waals surface area contributed by atoms with Crippen molar-refractivity contribution in [2.75, 3.05) is 26.2 Å². The minimum Gasteiger partial charge on any atom is -0.376 e. The number of carbonyl (C=O) groups excluding carboxylic acids is 2. The molecule has 1 aromatic rings. The average molecular weight is 309 g/mol. The molecule has 2 aliphatic heterocycles. The smallest absolute Gasteiger partial charge is 0.318 e. The first-order valence-electron chi connectivity index (χ1n) is 7.23. The van der Waals surface area contributed by atoms with E-state index in [4.69, 9.17) is 4.74 Å². The quantitative estimate of drug-likeness (QED) is 0.879. The molecule has 2 saturated heterocycles. The van der Waals surface area contributed by atoms with E-state index in [0.717, 1.165) is 24.3 Å². The van der Waals surface area contributed by atoms with Crippen LogP contribution in [0.4, 0.5) is 4.79 Å². The van der Waals surface area contributed by atoms with Gasteiger partial charge in [-0.05, 0) is 24.3 Å². The summed E-state index contributed by atoms with van der Waals surface area (Å²) in [4.78, 5) is 27.0. The number of hydrogen-bond acceptors (Lipinski definition) is 4. The highest BCUT2D eigenvalue weighted by Crippen LogP contribution is 2.27. The molecule has 3 amide bonds. The number of piperazine rings is 1. The average Bonchev–Trinajstić information content (AvgIpc) is 3.17. The summed E-state index contributed by atoms with van der Waals surface area (Å²) < 4.78 is 5.50. The number of ether oxygens (including phenoxy) is 1. The Bertz CT molecular complexity index is 500. The Hall–Kier alpha value is -1.60. The summed E-state index contributed by atoms with van der Waals surface area (Å²) in [5, 5.41) is 7.63. The Balaban J connectivity index is 1.65. The molecule has 2 aliphatic rings. The molecule has 3 heterocycles. The number of nitrogens with one attached hydrogen (secondary N) is 2. The van der Waals surface area contributed by atoms with Crippen LogP contribution in [0.1, 0.15) is 23.8 Å². The zero-order valence-corrected chi connectivity index (χ0v) is 12.5. The van der Waals surface area contributed by atoms with Crippen LogP contribution in [0.5, 0.6) is 0 Å². The Morgan fingerprint density at radius 2 is 2.48 bits per heavy atom. The normalized spacial score (nSPS) is 25.7. The van der Waals surface area contributed by atoms with Gasteiger partial charge >= 0.3 is 6.03 Å². The fourth-order valence-electron chi connectivity index (χ4n) is 2.72. The molecule has 2 unspecified atom stereocenters. The first-order valence-corrected chi connectivity index (χ1v) is 8.11. The highest BCUT2D eigenvalue weighted by molar-refractivity contribution is 7.10. The van der Waals surface area contributed by atoms with Gasteiger partial charge in [-0.25, -0.2) is 4.79 Å². The Labute approximate surface area is 127 Å². The van der Waals surface area contributed by atoms with Crippen molar-refractivity contribution in [3.05, 3.63) is 22.4 Å². The summed E-state index contributed by atoms with van der Waals surface area (Å²) in [7, 11) is 0. The van der Waals surface area contributed by atoms with Crippen molar-refractivity contribution in [3.63, 3.8) is 0 Å². The molecule has 0 saturated carbocycles. The molecule has 7 heteroatoms. The summed E-state index contributed by atoms with van der Waals surface area (Å²) in [6.07, 6.45) is 2.13. The second-order valence-corrected chi connectivity index (χ2v) is 6.20. The zero-order chi connectivity index (χ0) is 14.7. The van der Waals surface area contributed by atoms with Crippen LogP contribution in [0, 0.1) is 0 Å². The van der Waals surface area contributed by atoms with Crippen LogP contribution in [0.2, 0.25) is 0 Å². The summed E-state index contributed by atoms with van der Waals surface area (Å²) in [5.74, 6) is -0.115. The lowest BCUT2D eigenvalue weighted by Crippen LogP contribution is -2.55. The minimum absolute atomic E-state index is 0.104. The summed E-state index contributed by atoms with van der Waals surface area (Å²) in [5.41, 5.74) is 0. The van der Waals surface area contributed by atoms with Crippen molar-refractivity contribution in [1.29, 1.82) is 0 Å². The molecule has 2 N–H and O–H groups in total. The lowest BCUT2D eigenvalue weighted by molar-refractivity contribution is -0.127. The van der Waals surface area contributed by atoms with E-state index in [2.05, 4.69) is 10.6 Å². The number of amides is 3. The fraction of sp³-hybridized carbons (Fsp3) is 0.571. The van der Waals surface area contributed by atoms with Gasteiger partial charge in [-0.2, -0.15) is 0 Å².